The quantitative estimate of drug-likeness (QED) is 0.103. The Morgan fingerprint density at radius 2 is 1.80 bits per heavy atom. The van der Waals surface area contributed by atoms with Crippen molar-refractivity contribution in [2.75, 3.05) is 19.8 Å². The summed E-state index contributed by atoms with van der Waals surface area (Å²) in [4.78, 5) is 52.7. The van der Waals surface area contributed by atoms with Gasteiger partial charge in [0.1, 0.15) is 24.5 Å². The van der Waals surface area contributed by atoms with Gasteiger partial charge in [-0.05, 0) is 55.9 Å². The third-order valence-electron chi connectivity index (χ3n) is 6.23. The summed E-state index contributed by atoms with van der Waals surface area (Å²) in [6.45, 7) is 2.52. The number of nitrogens with one attached hydrogen (secondary N) is 4. The van der Waals surface area contributed by atoms with Gasteiger partial charge in [0.2, 0.25) is 11.8 Å². The van der Waals surface area contributed by atoms with Crippen LogP contribution in [-0.2, 0) is 14.4 Å². The lowest BCUT2D eigenvalue weighted by Gasteiger charge is -2.31. The SMILES string of the molecule is CC(C)C(NC(=O)c1ccc(OC(F)(F)F)cc1)C(=O)N1CCC[C@H]1C(=O)N[C@@H](CCCNC(=N)N)C(=O)CF. The molecule has 1 aromatic carbocycles. The van der Waals surface area contributed by atoms with Crippen molar-refractivity contribution in [1.29, 1.82) is 5.41 Å². The third kappa shape index (κ3) is 9.68. The van der Waals surface area contributed by atoms with E-state index in [1.165, 1.54) is 4.90 Å². The number of amides is 3. The van der Waals surface area contributed by atoms with E-state index in [0.29, 0.717) is 19.3 Å². The first-order valence-corrected chi connectivity index (χ1v) is 12.7. The molecule has 0 spiro atoms. The maximum atomic E-state index is 13.4. The van der Waals surface area contributed by atoms with Crippen LogP contribution in [0.4, 0.5) is 17.6 Å². The van der Waals surface area contributed by atoms with Crippen LogP contribution >= 0.6 is 0 Å². The number of Topliss-reactive ketones (excluding diaryl/α,β-unsaturated/α-hetero) is 1. The van der Waals surface area contributed by atoms with Crippen LogP contribution in [0, 0.1) is 11.3 Å². The first-order valence-electron chi connectivity index (χ1n) is 12.7. The smallest absolute Gasteiger partial charge is 0.406 e. The number of ether oxygens (including phenoxy) is 1. The molecule has 3 atom stereocenters. The molecule has 15 heteroatoms. The lowest BCUT2D eigenvalue weighted by Crippen LogP contribution is -2.56. The Balaban J connectivity index is 2.08. The minimum absolute atomic E-state index is 0.00414. The predicted octanol–water partition coefficient (Wildman–Crippen LogP) is 1.62. The Labute approximate surface area is 228 Å². The topological polar surface area (TPSA) is 167 Å². The summed E-state index contributed by atoms with van der Waals surface area (Å²) in [6, 6.07) is 1.05. The summed E-state index contributed by atoms with van der Waals surface area (Å²) in [5.41, 5.74) is 5.20. The molecule has 1 heterocycles. The average Bonchev–Trinajstić information content (AvgIpc) is 3.37. The predicted molar refractivity (Wildman–Crippen MR) is 136 cm³/mol. The maximum absolute atomic E-state index is 13.4. The molecule has 3 amide bonds. The van der Waals surface area contributed by atoms with Gasteiger partial charge in [0.15, 0.2) is 11.7 Å². The number of benzene rings is 1. The van der Waals surface area contributed by atoms with Crippen molar-refractivity contribution in [3.8, 4) is 5.75 Å². The van der Waals surface area contributed by atoms with E-state index < -0.39 is 66.3 Å². The third-order valence-corrected chi connectivity index (χ3v) is 6.23. The van der Waals surface area contributed by atoms with Gasteiger partial charge in [0.05, 0.1) is 6.04 Å². The standard InChI is InChI=1S/C25H34F4N6O5/c1-14(2)20(34-21(37)15-7-9-16(10-8-15)40-25(27,28)29)23(39)35-12-4-6-18(35)22(38)33-17(19(36)13-26)5-3-11-32-24(30)31/h7-10,14,17-18,20H,3-6,11-13H2,1-2H3,(H,33,38)(H,34,37)(H4,30,31,32)/t17-,18-,20?/m0/s1. The second-order valence-corrected chi connectivity index (χ2v) is 9.60. The molecule has 1 aliphatic rings. The van der Waals surface area contributed by atoms with Crippen LogP contribution in [-0.4, -0.2) is 78.6 Å². The number of carbonyl (C=O) groups is 4. The average molecular weight is 575 g/mol. The van der Waals surface area contributed by atoms with Crippen LogP contribution in [0.1, 0.15) is 49.9 Å². The first-order chi connectivity index (χ1) is 18.7. The zero-order chi connectivity index (χ0) is 30.0. The number of hydrogen-bond donors (Lipinski definition) is 5. The van der Waals surface area contributed by atoms with Gasteiger partial charge in [-0.1, -0.05) is 13.8 Å². The molecule has 222 valence electrons. The highest BCUT2D eigenvalue weighted by atomic mass is 19.4. The molecule has 1 unspecified atom stereocenters. The van der Waals surface area contributed by atoms with Crippen molar-refractivity contribution in [1.82, 2.24) is 20.9 Å². The number of guanidine groups is 1. The van der Waals surface area contributed by atoms with E-state index in [1.807, 2.05) is 0 Å². The summed E-state index contributed by atoms with van der Waals surface area (Å²) < 4.78 is 54.1. The van der Waals surface area contributed by atoms with E-state index >= 15 is 0 Å². The summed E-state index contributed by atoms with van der Waals surface area (Å²) in [6.07, 6.45) is -3.71. The molecular weight excluding hydrogens is 540 g/mol. The van der Waals surface area contributed by atoms with E-state index in [4.69, 9.17) is 11.1 Å². The highest BCUT2D eigenvalue weighted by Gasteiger charge is 2.39. The number of ketones is 1. The lowest BCUT2D eigenvalue weighted by atomic mass is 10.0. The Hall–Kier alpha value is -3.91. The molecule has 2 rings (SSSR count). The van der Waals surface area contributed by atoms with Crippen LogP contribution in [0.3, 0.4) is 0 Å². The molecule has 1 aromatic rings. The first kappa shape index (κ1) is 32.3. The van der Waals surface area contributed by atoms with E-state index in [0.717, 1.165) is 24.3 Å². The molecule has 0 bridgehead atoms. The number of nitrogens with zero attached hydrogens (tertiary/aromatic N) is 1. The summed E-state index contributed by atoms with van der Waals surface area (Å²) in [5.74, 6) is -3.90. The number of alkyl halides is 4. The second-order valence-electron chi connectivity index (χ2n) is 9.60. The van der Waals surface area contributed by atoms with Crippen molar-refractivity contribution in [2.45, 2.75) is 64.0 Å². The summed E-state index contributed by atoms with van der Waals surface area (Å²) in [5, 5.41) is 14.8. The number of likely N-dealkylation sites (tertiary alicyclic amines) is 1. The maximum Gasteiger partial charge on any atom is 0.573 e. The summed E-state index contributed by atoms with van der Waals surface area (Å²) >= 11 is 0. The zero-order valence-electron chi connectivity index (χ0n) is 22.1. The van der Waals surface area contributed by atoms with Gasteiger partial charge in [-0.2, -0.15) is 0 Å². The number of carbonyl (C=O) groups excluding carboxylic acids is 4. The minimum Gasteiger partial charge on any atom is -0.406 e. The highest BCUT2D eigenvalue weighted by Crippen LogP contribution is 2.24. The van der Waals surface area contributed by atoms with Crippen molar-refractivity contribution in [3.63, 3.8) is 0 Å². The zero-order valence-corrected chi connectivity index (χ0v) is 22.1. The number of hydrogen-bond acceptors (Lipinski definition) is 6. The molecule has 1 aliphatic heterocycles. The van der Waals surface area contributed by atoms with Gasteiger partial charge in [0.25, 0.3) is 5.91 Å². The van der Waals surface area contributed by atoms with Crippen molar-refractivity contribution in [2.24, 2.45) is 11.7 Å². The molecule has 1 saturated heterocycles. The molecular formula is C25H34F4N6O5. The largest absolute Gasteiger partial charge is 0.573 e. The van der Waals surface area contributed by atoms with Gasteiger partial charge in [-0.15, -0.1) is 13.2 Å². The molecule has 11 nitrogen and oxygen atoms in total. The van der Waals surface area contributed by atoms with Gasteiger partial charge in [-0.25, -0.2) is 4.39 Å². The molecule has 0 aromatic heterocycles. The minimum atomic E-state index is -4.89. The number of halogens is 4. The summed E-state index contributed by atoms with van der Waals surface area (Å²) in [7, 11) is 0. The molecule has 6 N–H and O–H groups in total. The molecule has 1 fully saturated rings. The fourth-order valence-electron chi connectivity index (χ4n) is 4.23. The molecule has 40 heavy (non-hydrogen) atoms. The Morgan fingerprint density at radius 1 is 1.15 bits per heavy atom. The van der Waals surface area contributed by atoms with Crippen LogP contribution in [0.2, 0.25) is 0 Å². The van der Waals surface area contributed by atoms with Crippen molar-refractivity contribution < 1.29 is 41.5 Å². The van der Waals surface area contributed by atoms with E-state index in [1.54, 1.807) is 13.8 Å². The van der Waals surface area contributed by atoms with Gasteiger partial charge in [0, 0.05) is 18.7 Å². The number of nitrogens with two attached hydrogens (primary N) is 1. The van der Waals surface area contributed by atoms with Crippen LogP contribution in [0.15, 0.2) is 24.3 Å². The van der Waals surface area contributed by atoms with Crippen molar-refractivity contribution in [3.05, 3.63) is 29.8 Å². The molecule has 0 aliphatic carbocycles. The van der Waals surface area contributed by atoms with Gasteiger partial charge < -0.3 is 31.3 Å². The Bertz CT molecular complexity index is 1070. The lowest BCUT2D eigenvalue weighted by molar-refractivity contribution is -0.274. The Kier molecular flexibility index (Phi) is 11.7. The fourth-order valence-corrected chi connectivity index (χ4v) is 4.23. The van der Waals surface area contributed by atoms with Crippen molar-refractivity contribution >= 4 is 29.5 Å². The number of rotatable bonds is 13. The van der Waals surface area contributed by atoms with Gasteiger partial charge >= 0.3 is 6.36 Å². The van der Waals surface area contributed by atoms with E-state index in [2.05, 4.69) is 20.7 Å². The normalized spacial score (nSPS) is 16.7. The van der Waals surface area contributed by atoms with Gasteiger partial charge in [-0.3, -0.25) is 24.6 Å². The molecule has 0 radical (unpaired) electrons. The highest BCUT2D eigenvalue weighted by molar-refractivity contribution is 5.99. The monoisotopic (exact) mass is 574 g/mol. The second kappa shape index (κ2) is 14.5. The van der Waals surface area contributed by atoms with E-state index in [9.17, 15) is 36.7 Å². The fraction of sp³-hybridized carbons (Fsp3) is 0.560. The van der Waals surface area contributed by atoms with Crippen LogP contribution in [0.25, 0.3) is 0 Å². The van der Waals surface area contributed by atoms with Crippen LogP contribution < -0.4 is 26.4 Å². The van der Waals surface area contributed by atoms with E-state index in [-0.39, 0.29) is 31.0 Å². The van der Waals surface area contributed by atoms with Crippen LogP contribution in [0.5, 0.6) is 5.75 Å². The molecule has 0 saturated carbocycles. The Morgan fingerprint density at radius 3 is 2.35 bits per heavy atom.